The van der Waals surface area contributed by atoms with Crippen LogP contribution >= 0.6 is 22.7 Å². The van der Waals surface area contributed by atoms with Crippen molar-refractivity contribution in [2.24, 2.45) is 9.98 Å². The molecule has 6 heteroatoms. The Balaban J connectivity index is 1.44. The number of thiazole rings is 2. The number of hydrogen-bond acceptors (Lipinski definition) is 6. The minimum atomic E-state index is 0.749. The molecule has 5 aromatic rings. The van der Waals surface area contributed by atoms with Crippen molar-refractivity contribution in [2.45, 2.75) is 0 Å². The summed E-state index contributed by atoms with van der Waals surface area (Å²) in [6, 6.07) is 24.2. The second-order valence-electron chi connectivity index (χ2n) is 6.12. The van der Waals surface area contributed by atoms with Crippen LogP contribution in [0.1, 0.15) is 11.1 Å². The topological polar surface area (TPSA) is 50.5 Å². The molecule has 134 valence electrons. The Labute approximate surface area is 169 Å². The van der Waals surface area contributed by atoms with Gasteiger partial charge in [-0.2, -0.15) is 0 Å². The van der Waals surface area contributed by atoms with E-state index in [1.165, 1.54) is 0 Å². The minimum absolute atomic E-state index is 0.749. The molecule has 0 bridgehead atoms. The number of rotatable bonds is 4. The van der Waals surface area contributed by atoms with Crippen LogP contribution in [0.5, 0.6) is 0 Å². The van der Waals surface area contributed by atoms with Gasteiger partial charge in [0.25, 0.3) is 0 Å². The Morgan fingerprint density at radius 2 is 1.04 bits per heavy atom. The molecule has 4 nitrogen and oxygen atoms in total. The van der Waals surface area contributed by atoms with Crippen molar-refractivity contribution >= 4 is 65.8 Å². The van der Waals surface area contributed by atoms with Crippen LogP contribution in [0.2, 0.25) is 0 Å². The SMILES string of the molecule is C(=Nc1nc2cc3sc(N=Cc4ccccc4)nc3cc2s1)c1ccccc1. The lowest BCUT2D eigenvalue weighted by Gasteiger charge is -1.88. The van der Waals surface area contributed by atoms with Gasteiger partial charge in [0.15, 0.2) is 0 Å². The van der Waals surface area contributed by atoms with Crippen molar-refractivity contribution < 1.29 is 0 Å². The van der Waals surface area contributed by atoms with E-state index in [2.05, 4.69) is 32.1 Å². The molecule has 0 aliphatic rings. The van der Waals surface area contributed by atoms with E-state index in [4.69, 9.17) is 0 Å². The highest BCUT2D eigenvalue weighted by molar-refractivity contribution is 7.23. The zero-order valence-electron chi connectivity index (χ0n) is 14.7. The molecule has 5 rings (SSSR count). The first kappa shape index (κ1) is 16.9. The van der Waals surface area contributed by atoms with Gasteiger partial charge in [-0.3, -0.25) is 0 Å². The van der Waals surface area contributed by atoms with Gasteiger partial charge in [-0.1, -0.05) is 83.3 Å². The van der Waals surface area contributed by atoms with E-state index >= 15 is 0 Å². The van der Waals surface area contributed by atoms with Gasteiger partial charge in [-0.25, -0.2) is 20.0 Å². The van der Waals surface area contributed by atoms with Crippen LogP contribution in [-0.2, 0) is 0 Å². The number of hydrogen-bond donors (Lipinski definition) is 0. The molecule has 0 N–H and O–H groups in total. The maximum atomic E-state index is 4.64. The molecule has 0 atom stereocenters. The van der Waals surface area contributed by atoms with E-state index in [1.807, 2.05) is 73.1 Å². The van der Waals surface area contributed by atoms with Gasteiger partial charge in [-0.05, 0) is 23.3 Å². The van der Waals surface area contributed by atoms with Crippen LogP contribution in [0.25, 0.3) is 20.4 Å². The lowest BCUT2D eigenvalue weighted by molar-refractivity contribution is 1.41. The Hall–Kier alpha value is -3.22. The third-order valence-electron chi connectivity index (χ3n) is 4.12. The van der Waals surface area contributed by atoms with Crippen LogP contribution in [-0.4, -0.2) is 22.4 Å². The van der Waals surface area contributed by atoms with E-state index in [0.717, 1.165) is 41.8 Å². The lowest BCUT2D eigenvalue weighted by atomic mass is 10.2. The molecule has 0 unspecified atom stereocenters. The molecule has 28 heavy (non-hydrogen) atoms. The van der Waals surface area contributed by atoms with E-state index < -0.39 is 0 Å². The molecule has 3 aromatic carbocycles. The minimum Gasteiger partial charge on any atom is -0.227 e. The summed E-state index contributed by atoms with van der Waals surface area (Å²) in [5.74, 6) is 0. The average molecular weight is 399 g/mol. The van der Waals surface area contributed by atoms with Crippen molar-refractivity contribution in [1.82, 2.24) is 9.97 Å². The number of fused-ring (bicyclic) bond motifs is 2. The summed E-state index contributed by atoms with van der Waals surface area (Å²) in [7, 11) is 0. The van der Waals surface area contributed by atoms with Gasteiger partial charge >= 0.3 is 0 Å². The highest BCUT2D eigenvalue weighted by Crippen LogP contribution is 2.35. The van der Waals surface area contributed by atoms with Crippen molar-refractivity contribution in [3.8, 4) is 0 Å². The fourth-order valence-corrected chi connectivity index (χ4v) is 4.42. The van der Waals surface area contributed by atoms with E-state index in [1.54, 1.807) is 22.7 Å². The summed E-state index contributed by atoms with van der Waals surface area (Å²) in [4.78, 5) is 18.3. The van der Waals surface area contributed by atoms with Crippen LogP contribution in [0.15, 0.2) is 82.8 Å². The third kappa shape index (κ3) is 3.60. The first-order valence-electron chi connectivity index (χ1n) is 8.73. The molecule has 0 radical (unpaired) electrons. The second-order valence-corrected chi connectivity index (χ2v) is 8.14. The molecule has 0 fully saturated rings. The second kappa shape index (κ2) is 7.42. The number of benzene rings is 3. The summed E-state index contributed by atoms with van der Waals surface area (Å²) in [6.07, 6.45) is 3.68. The zero-order valence-corrected chi connectivity index (χ0v) is 16.3. The number of nitrogens with zero attached hydrogens (tertiary/aromatic N) is 4. The van der Waals surface area contributed by atoms with Crippen molar-refractivity contribution in [2.75, 3.05) is 0 Å². The lowest BCUT2D eigenvalue weighted by Crippen LogP contribution is -1.77. The molecule has 0 aliphatic carbocycles. The highest BCUT2D eigenvalue weighted by Gasteiger charge is 2.08. The summed E-state index contributed by atoms with van der Waals surface area (Å²) in [6.45, 7) is 0. The van der Waals surface area contributed by atoms with Crippen LogP contribution in [0.3, 0.4) is 0 Å². The van der Waals surface area contributed by atoms with E-state index in [9.17, 15) is 0 Å². The van der Waals surface area contributed by atoms with Crippen LogP contribution < -0.4 is 0 Å². The molecule has 2 heterocycles. The first-order chi connectivity index (χ1) is 13.8. The third-order valence-corrected chi connectivity index (χ3v) is 5.97. The molecular weight excluding hydrogens is 384 g/mol. The quantitative estimate of drug-likeness (QED) is 0.329. The number of aromatic nitrogens is 2. The fraction of sp³-hybridized carbons (Fsp3) is 0. The Morgan fingerprint density at radius 3 is 1.46 bits per heavy atom. The molecule has 0 aliphatic heterocycles. The Bertz CT molecular complexity index is 1150. The Morgan fingerprint density at radius 1 is 0.607 bits per heavy atom. The highest BCUT2D eigenvalue weighted by atomic mass is 32.1. The van der Waals surface area contributed by atoms with E-state index in [-0.39, 0.29) is 0 Å². The summed E-state index contributed by atoms with van der Waals surface area (Å²) < 4.78 is 2.16. The van der Waals surface area contributed by atoms with Gasteiger partial charge in [0.2, 0.25) is 10.3 Å². The van der Waals surface area contributed by atoms with Crippen molar-refractivity contribution in [3.05, 3.63) is 83.9 Å². The fourth-order valence-electron chi connectivity index (χ4n) is 2.77. The smallest absolute Gasteiger partial charge is 0.210 e. The van der Waals surface area contributed by atoms with Gasteiger partial charge in [-0.15, -0.1) is 0 Å². The van der Waals surface area contributed by atoms with Crippen molar-refractivity contribution in [3.63, 3.8) is 0 Å². The summed E-state index contributed by atoms with van der Waals surface area (Å²) in [5.41, 5.74) is 4.01. The number of aliphatic imine (C=N–C) groups is 2. The maximum Gasteiger partial charge on any atom is 0.210 e. The molecular formula is C22H14N4S2. The van der Waals surface area contributed by atoms with Crippen LogP contribution in [0.4, 0.5) is 10.3 Å². The normalized spacial score (nSPS) is 12.0. The molecule has 0 saturated heterocycles. The molecule has 0 amide bonds. The molecule has 0 saturated carbocycles. The van der Waals surface area contributed by atoms with Crippen molar-refractivity contribution in [1.29, 1.82) is 0 Å². The average Bonchev–Trinajstić information content (AvgIpc) is 3.32. The van der Waals surface area contributed by atoms with Gasteiger partial charge in [0.05, 0.1) is 20.4 Å². The predicted octanol–water partition coefficient (Wildman–Crippen LogP) is 6.41. The summed E-state index contributed by atoms with van der Waals surface area (Å²) in [5, 5.41) is 1.50. The standard InChI is InChI=1S/C22H14N4S2/c1-3-7-15(8-4-1)13-23-21-25-17-11-20-18(12-19(17)27-21)26-22(28-20)24-14-16-9-5-2-6-10-16/h1-14H. The molecule has 2 aromatic heterocycles. The first-order valence-corrected chi connectivity index (χ1v) is 10.4. The summed E-state index contributed by atoms with van der Waals surface area (Å²) >= 11 is 3.14. The van der Waals surface area contributed by atoms with Crippen LogP contribution in [0, 0.1) is 0 Å². The van der Waals surface area contributed by atoms with Gasteiger partial charge in [0.1, 0.15) is 0 Å². The van der Waals surface area contributed by atoms with Gasteiger partial charge < -0.3 is 0 Å². The van der Waals surface area contributed by atoms with E-state index in [0.29, 0.717) is 0 Å². The zero-order chi connectivity index (χ0) is 18.8. The van der Waals surface area contributed by atoms with Gasteiger partial charge in [0, 0.05) is 12.4 Å². The largest absolute Gasteiger partial charge is 0.227 e. The monoisotopic (exact) mass is 398 g/mol. The predicted molar refractivity (Wildman–Crippen MR) is 120 cm³/mol. The molecule has 0 spiro atoms. The maximum absolute atomic E-state index is 4.64. The Kier molecular flexibility index (Phi) is 4.48.